The summed E-state index contributed by atoms with van der Waals surface area (Å²) in [6.07, 6.45) is 1.72. The van der Waals surface area contributed by atoms with Gasteiger partial charge in [0.05, 0.1) is 20.3 Å². The molecule has 13 heteroatoms. The second kappa shape index (κ2) is 13.7. The molecule has 0 aliphatic carbocycles. The van der Waals surface area contributed by atoms with Crippen molar-refractivity contribution in [2.45, 2.75) is 45.0 Å². The number of rotatable bonds is 12. The van der Waals surface area contributed by atoms with E-state index in [-0.39, 0.29) is 19.2 Å². The van der Waals surface area contributed by atoms with Crippen LogP contribution in [0.2, 0.25) is 5.02 Å². The zero-order chi connectivity index (χ0) is 30.3. The molecule has 4 aromatic rings. The van der Waals surface area contributed by atoms with E-state index in [1.807, 2.05) is 6.07 Å². The van der Waals surface area contributed by atoms with Crippen molar-refractivity contribution in [2.75, 3.05) is 27.4 Å². The minimum absolute atomic E-state index is 0.0352. The number of methoxy groups -OCH3 is 2. The highest BCUT2D eigenvalue weighted by molar-refractivity contribution is 6.31. The zero-order valence-electron chi connectivity index (χ0n) is 24.2. The molecule has 1 N–H and O–H groups in total. The highest BCUT2D eigenvalue weighted by Crippen LogP contribution is 2.31. The van der Waals surface area contributed by atoms with Gasteiger partial charge in [-0.25, -0.2) is 0 Å². The Morgan fingerprint density at radius 3 is 2.65 bits per heavy atom. The van der Waals surface area contributed by atoms with Crippen LogP contribution >= 0.6 is 11.6 Å². The number of furan rings is 1. The second-order valence-corrected chi connectivity index (χ2v) is 10.5. The maximum atomic E-state index is 14.0. The number of hydrogen-bond donors (Lipinski definition) is 1. The summed E-state index contributed by atoms with van der Waals surface area (Å²) in [6.45, 7) is 2.50. The van der Waals surface area contributed by atoms with E-state index in [1.165, 1.54) is 16.8 Å². The number of carbonyl (C=O) groups is 2. The molecule has 5 rings (SSSR count). The molecule has 1 aliphatic rings. The van der Waals surface area contributed by atoms with Crippen molar-refractivity contribution < 1.29 is 28.2 Å². The quantitative estimate of drug-likeness (QED) is 0.253. The van der Waals surface area contributed by atoms with Crippen LogP contribution in [0.1, 0.15) is 36.0 Å². The Labute approximate surface area is 253 Å². The molecule has 0 unspecified atom stereocenters. The molecule has 1 fully saturated rings. The first-order valence-corrected chi connectivity index (χ1v) is 14.2. The molecular formula is C30H33ClN6O6. The van der Waals surface area contributed by atoms with Gasteiger partial charge in [-0.05, 0) is 66.9 Å². The summed E-state index contributed by atoms with van der Waals surface area (Å²) >= 11 is 6.49. The molecule has 2 aromatic carbocycles. The Balaban J connectivity index is 1.44. The maximum Gasteiger partial charge on any atom is 0.250 e. The number of aromatic nitrogens is 4. The first-order chi connectivity index (χ1) is 20.9. The van der Waals surface area contributed by atoms with Gasteiger partial charge in [0.15, 0.2) is 17.5 Å². The smallest absolute Gasteiger partial charge is 0.250 e. The Bertz CT molecular complexity index is 1570. The summed E-state index contributed by atoms with van der Waals surface area (Å²) in [5.74, 6) is 1.43. The fourth-order valence-corrected chi connectivity index (χ4v) is 5.08. The molecule has 2 aromatic heterocycles. The van der Waals surface area contributed by atoms with Crippen LogP contribution in [-0.4, -0.2) is 70.4 Å². The predicted molar refractivity (Wildman–Crippen MR) is 157 cm³/mol. The summed E-state index contributed by atoms with van der Waals surface area (Å²) in [5.41, 5.74) is 1.29. The first-order valence-electron chi connectivity index (χ1n) is 13.8. The third-order valence-electron chi connectivity index (χ3n) is 7.11. The molecule has 0 saturated carbocycles. The maximum absolute atomic E-state index is 14.0. The van der Waals surface area contributed by atoms with Crippen molar-refractivity contribution in [3.05, 3.63) is 76.7 Å². The molecule has 0 bridgehead atoms. The van der Waals surface area contributed by atoms with Crippen LogP contribution in [0.25, 0.3) is 11.4 Å². The van der Waals surface area contributed by atoms with Gasteiger partial charge in [0, 0.05) is 30.3 Å². The minimum Gasteiger partial charge on any atom is -0.493 e. The average Bonchev–Trinajstić information content (AvgIpc) is 3.79. The predicted octanol–water partition coefficient (Wildman–Crippen LogP) is 3.98. The van der Waals surface area contributed by atoms with Gasteiger partial charge < -0.3 is 28.8 Å². The number of halogens is 1. The lowest BCUT2D eigenvalue weighted by Gasteiger charge is -2.30. The molecule has 1 aliphatic heterocycles. The third-order valence-corrected chi connectivity index (χ3v) is 7.48. The van der Waals surface area contributed by atoms with Crippen molar-refractivity contribution >= 4 is 23.4 Å². The molecule has 2 atom stereocenters. The lowest BCUT2D eigenvalue weighted by molar-refractivity contribution is -0.143. The van der Waals surface area contributed by atoms with Gasteiger partial charge in [-0.1, -0.05) is 29.8 Å². The molecule has 0 spiro atoms. The van der Waals surface area contributed by atoms with E-state index >= 15 is 0 Å². The lowest BCUT2D eigenvalue weighted by atomic mass is 10.1. The van der Waals surface area contributed by atoms with Crippen molar-refractivity contribution in [3.63, 3.8) is 0 Å². The summed E-state index contributed by atoms with van der Waals surface area (Å²) in [6, 6.07) is 14.7. The largest absolute Gasteiger partial charge is 0.493 e. The fraction of sp³-hybridized carbons (Fsp3) is 0.367. The topological polar surface area (TPSA) is 134 Å². The van der Waals surface area contributed by atoms with Crippen LogP contribution in [0.3, 0.4) is 0 Å². The van der Waals surface area contributed by atoms with Gasteiger partial charge in [-0.2, -0.15) is 4.80 Å². The van der Waals surface area contributed by atoms with Gasteiger partial charge in [0.25, 0.3) is 5.91 Å². The van der Waals surface area contributed by atoms with E-state index < -0.39 is 17.9 Å². The fourth-order valence-electron chi connectivity index (χ4n) is 4.89. The number of ether oxygens (including phenoxy) is 3. The van der Waals surface area contributed by atoms with Crippen molar-refractivity contribution in [1.82, 2.24) is 30.4 Å². The minimum atomic E-state index is -1.09. The SMILES string of the molecule is COc1ccc(-c2nnn(CC(=O)N(Cc3ccccc3Cl)[C@H](C(=O)NC[C@H]3CCCO3)c3ccc(C)o3)n2)cc1OC. The first kappa shape index (κ1) is 30.1. The van der Waals surface area contributed by atoms with Gasteiger partial charge in [0.1, 0.15) is 18.1 Å². The molecular weight excluding hydrogens is 576 g/mol. The van der Waals surface area contributed by atoms with E-state index in [4.69, 9.17) is 30.2 Å². The second-order valence-electron chi connectivity index (χ2n) is 10.1. The van der Waals surface area contributed by atoms with Crippen molar-refractivity contribution in [3.8, 4) is 22.9 Å². The summed E-state index contributed by atoms with van der Waals surface area (Å²) in [5, 5.41) is 16.1. The molecule has 2 amide bonds. The Kier molecular flexibility index (Phi) is 9.58. The van der Waals surface area contributed by atoms with E-state index in [0.717, 1.165) is 12.8 Å². The monoisotopic (exact) mass is 608 g/mol. The number of carbonyl (C=O) groups excluding carboxylic acids is 2. The van der Waals surface area contributed by atoms with Crippen molar-refractivity contribution in [1.29, 1.82) is 0 Å². The number of nitrogens with zero attached hydrogens (tertiary/aromatic N) is 5. The van der Waals surface area contributed by atoms with E-state index in [0.29, 0.717) is 58.1 Å². The van der Waals surface area contributed by atoms with Gasteiger partial charge >= 0.3 is 0 Å². The molecule has 43 heavy (non-hydrogen) atoms. The average molecular weight is 609 g/mol. The van der Waals surface area contributed by atoms with Crippen molar-refractivity contribution in [2.24, 2.45) is 0 Å². The third kappa shape index (κ3) is 7.15. The summed E-state index contributed by atoms with van der Waals surface area (Å²) in [7, 11) is 3.08. The van der Waals surface area contributed by atoms with Crippen LogP contribution in [0, 0.1) is 6.92 Å². The lowest BCUT2D eigenvalue weighted by Crippen LogP contribution is -2.46. The number of benzene rings is 2. The Morgan fingerprint density at radius 1 is 1.14 bits per heavy atom. The normalized spacial score (nSPS) is 15.2. The Morgan fingerprint density at radius 2 is 1.95 bits per heavy atom. The van der Waals surface area contributed by atoms with E-state index in [9.17, 15) is 9.59 Å². The van der Waals surface area contributed by atoms with Gasteiger partial charge in [-0.15, -0.1) is 10.2 Å². The van der Waals surface area contributed by atoms with Gasteiger partial charge in [-0.3, -0.25) is 9.59 Å². The standard InChI is InChI=1S/C30H33ClN6O6/c1-19-10-12-25(43-19)28(30(39)32-16-22-8-6-14-42-22)36(17-21-7-4-5-9-23(21)31)27(38)18-37-34-29(33-35-37)20-11-13-24(40-2)26(15-20)41-3/h4-5,7,9-13,15,22,28H,6,8,14,16-18H2,1-3H3,(H,32,39)/t22-,28+/m1/s1. The van der Waals surface area contributed by atoms with Crippen LogP contribution in [0.5, 0.6) is 11.5 Å². The molecule has 0 radical (unpaired) electrons. The molecule has 12 nitrogen and oxygen atoms in total. The number of hydrogen-bond acceptors (Lipinski definition) is 9. The summed E-state index contributed by atoms with van der Waals surface area (Å²) in [4.78, 5) is 30.4. The number of aryl methyl sites for hydroxylation is 1. The summed E-state index contributed by atoms with van der Waals surface area (Å²) < 4.78 is 22.3. The van der Waals surface area contributed by atoms with Gasteiger partial charge in [0.2, 0.25) is 11.7 Å². The van der Waals surface area contributed by atoms with Crippen LogP contribution in [0.15, 0.2) is 59.0 Å². The zero-order valence-corrected chi connectivity index (χ0v) is 24.9. The molecule has 226 valence electrons. The highest BCUT2D eigenvalue weighted by atomic mass is 35.5. The Hall–Kier alpha value is -4.42. The van der Waals surface area contributed by atoms with E-state index in [2.05, 4.69) is 20.7 Å². The highest BCUT2D eigenvalue weighted by Gasteiger charge is 2.35. The van der Waals surface area contributed by atoms with Crippen LogP contribution in [-0.2, 0) is 27.4 Å². The number of tetrazole rings is 1. The number of amides is 2. The molecule has 3 heterocycles. The van der Waals surface area contributed by atoms with Crippen LogP contribution in [0.4, 0.5) is 0 Å². The van der Waals surface area contributed by atoms with Crippen LogP contribution < -0.4 is 14.8 Å². The number of nitrogens with one attached hydrogen (secondary N) is 1. The van der Waals surface area contributed by atoms with E-state index in [1.54, 1.807) is 62.6 Å². The molecule has 1 saturated heterocycles.